The van der Waals surface area contributed by atoms with Crippen LogP contribution in [0.4, 0.5) is 0 Å². The van der Waals surface area contributed by atoms with Crippen molar-refractivity contribution in [1.82, 2.24) is 20.9 Å². The van der Waals surface area contributed by atoms with Crippen molar-refractivity contribution in [2.75, 3.05) is 6.54 Å². The van der Waals surface area contributed by atoms with E-state index in [9.17, 15) is 29.4 Å². The van der Waals surface area contributed by atoms with Crippen LogP contribution in [0.15, 0.2) is 30.3 Å². The van der Waals surface area contributed by atoms with Crippen molar-refractivity contribution in [3.05, 3.63) is 35.9 Å². The summed E-state index contributed by atoms with van der Waals surface area (Å²) >= 11 is 0. The maximum absolute atomic E-state index is 13.9. The van der Waals surface area contributed by atoms with Crippen LogP contribution in [-0.2, 0) is 25.6 Å². The first-order valence-electron chi connectivity index (χ1n) is 15.2. The Kier molecular flexibility index (Phi) is 12.6. The van der Waals surface area contributed by atoms with E-state index in [0.717, 1.165) is 18.4 Å². The molecule has 7 atom stereocenters. The van der Waals surface area contributed by atoms with Crippen molar-refractivity contribution < 1.29 is 29.4 Å². The van der Waals surface area contributed by atoms with Crippen LogP contribution in [-0.4, -0.2) is 81.7 Å². The summed E-state index contributed by atoms with van der Waals surface area (Å²) in [5.41, 5.74) is 0.861. The summed E-state index contributed by atoms with van der Waals surface area (Å²) in [6.07, 6.45) is 4.11. The van der Waals surface area contributed by atoms with Gasteiger partial charge >= 0.3 is 0 Å². The van der Waals surface area contributed by atoms with Gasteiger partial charge in [-0.25, -0.2) is 0 Å². The van der Waals surface area contributed by atoms with Gasteiger partial charge in [0.15, 0.2) is 0 Å². The maximum Gasteiger partial charge on any atom is 0.246 e. The zero-order valence-electron chi connectivity index (χ0n) is 24.7. The van der Waals surface area contributed by atoms with E-state index >= 15 is 0 Å². The molecule has 0 unspecified atom stereocenters. The standard InChI is InChI=1S/C31H48N4O6/c1-4-20(2)27-31(41)35-18-12-11-16-25(35)30(40)32-23(15-9-6-10-17-26(37)21(3)36)28(38)33-24(29(39)34-27)19-22-13-7-5-8-14-22/h5,7-8,13-14,20-21,23-27,36-37H,4,6,9-12,15-19H2,1-3H3,(H,32,40)(H,33,38)(H,34,39)/t20-,21+,23+,24+,25-,26-,27-/m0/s1. The van der Waals surface area contributed by atoms with Crippen LogP contribution >= 0.6 is 0 Å². The minimum atomic E-state index is -0.929. The van der Waals surface area contributed by atoms with Crippen LogP contribution < -0.4 is 16.0 Å². The number of nitrogens with zero attached hydrogens (tertiary/aromatic N) is 1. The third-order valence-electron chi connectivity index (χ3n) is 8.46. The van der Waals surface area contributed by atoms with Gasteiger partial charge in [0.2, 0.25) is 23.6 Å². The lowest BCUT2D eigenvalue weighted by atomic mass is 9.93. The molecule has 2 fully saturated rings. The van der Waals surface area contributed by atoms with Crippen LogP contribution in [0.3, 0.4) is 0 Å². The van der Waals surface area contributed by atoms with E-state index < -0.39 is 48.2 Å². The summed E-state index contributed by atoms with van der Waals surface area (Å²) in [6.45, 7) is 5.84. The molecule has 0 radical (unpaired) electrons. The molecule has 1 aromatic carbocycles. The monoisotopic (exact) mass is 572 g/mol. The lowest BCUT2D eigenvalue weighted by Crippen LogP contribution is -2.64. The van der Waals surface area contributed by atoms with Gasteiger partial charge in [0.25, 0.3) is 0 Å². The summed E-state index contributed by atoms with van der Waals surface area (Å²) in [5.74, 6) is -1.63. The molecule has 10 nitrogen and oxygen atoms in total. The lowest BCUT2D eigenvalue weighted by molar-refractivity contribution is -0.147. The molecule has 0 spiro atoms. The van der Waals surface area contributed by atoms with Crippen LogP contribution in [0, 0.1) is 5.92 Å². The minimum absolute atomic E-state index is 0.159. The molecule has 2 aliphatic rings. The number of piperidine rings is 1. The molecule has 2 saturated heterocycles. The molecule has 0 saturated carbocycles. The molecule has 2 heterocycles. The minimum Gasteiger partial charge on any atom is -0.391 e. The van der Waals surface area contributed by atoms with Gasteiger partial charge in [-0.2, -0.15) is 0 Å². The van der Waals surface area contributed by atoms with Crippen molar-refractivity contribution in [1.29, 1.82) is 0 Å². The normalized spacial score (nSPS) is 26.4. The van der Waals surface area contributed by atoms with E-state index in [0.29, 0.717) is 51.5 Å². The van der Waals surface area contributed by atoms with Crippen LogP contribution in [0.1, 0.15) is 84.1 Å². The lowest BCUT2D eigenvalue weighted by Gasteiger charge is -2.39. The average molecular weight is 573 g/mol. The number of carbonyl (C=O) groups is 4. The van der Waals surface area contributed by atoms with Gasteiger partial charge in [0, 0.05) is 13.0 Å². The van der Waals surface area contributed by atoms with E-state index in [4.69, 9.17) is 0 Å². The van der Waals surface area contributed by atoms with Crippen molar-refractivity contribution in [2.24, 2.45) is 5.92 Å². The van der Waals surface area contributed by atoms with Gasteiger partial charge in [0.1, 0.15) is 24.2 Å². The Labute approximate surface area is 243 Å². The summed E-state index contributed by atoms with van der Waals surface area (Å²) in [5, 5.41) is 28.1. The Morgan fingerprint density at radius 2 is 1.56 bits per heavy atom. The first-order valence-corrected chi connectivity index (χ1v) is 15.2. The summed E-state index contributed by atoms with van der Waals surface area (Å²) in [7, 11) is 0. The highest BCUT2D eigenvalue weighted by Crippen LogP contribution is 2.22. The molecule has 41 heavy (non-hydrogen) atoms. The van der Waals surface area contributed by atoms with Gasteiger partial charge in [-0.3, -0.25) is 19.2 Å². The number of unbranched alkanes of at least 4 members (excludes halogenated alkanes) is 2. The number of rotatable bonds is 11. The largest absolute Gasteiger partial charge is 0.391 e. The smallest absolute Gasteiger partial charge is 0.246 e. The number of carbonyl (C=O) groups excluding carboxylic acids is 4. The third-order valence-corrected chi connectivity index (χ3v) is 8.46. The van der Waals surface area contributed by atoms with Gasteiger partial charge in [-0.05, 0) is 50.5 Å². The van der Waals surface area contributed by atoms with Crippen LogP contribution in [0.2, 0.25) is 0 Å². The number of benzene rings is 1. The predicted molar refractivity (Wildman–Crippen MR) is 156 cm³/mol. The third kappa shape index (κ3) is 9.26. The average Bonchev–Trinajstić information content (AvgIpc) is 2.97. The molecular formula is C31H48N4O6. The van der Waals surface area contributed by atoms with Gasteiger partial charge in [0.05, 0.1) is 12.2 Å². The zero-order chi connectivity index (χ0) is 29.9. The van der Waals surface area contributed by atoms with Crippen molar-refractivity contribution >= 4 is 23.6 Å². The van der Waals surface area contributed by atoms with Crippen molar-refractivity contribution in [3.8, 4) is 0 Å². The molecule has 3 rings (SSSR count). The Hall–Kier alpha value is -2.98. The number of hydrogen-bond acceptors (Lipinski definition) is 6. The second-order valence-corrected chi connectivity index (χ2v) is 11.7. The van der Waals surface area contributed by atoms with Gasteiger partial charge in [-0.1, -0.05) is 69.9 Å². The van der Waals surface area contributed by atoms with Crippen LogP contribution in [0.25, 0.3) is 0 Å². The fraction of sp³-hybridized carbons (Fsp3) is 0.677. The SMILES string of the molecule is CC[C@H](C)[C@@H]1NC(=O)[C@@H](Cc2ccccc2)NC(=O)[C@@H](CCCCC[C@H](O)[C@@H](C)O)NC(=O)[C@@H]2CCCCN2C1=O. The Bertz CT molecular complexity index is 1020. The highest BCUT2D eigenvalue weighted by molar-refractivity contribution is 5.97. The molecule has 0 bridgehead atoms. The zero-order valence-corrected chi connectivity index (χ0v) is 24.7. The molecule has 4 amide bonds. The van der Waals surface area contributed by atoms with Crippen molar-refractivity contribution in [3.63, 3.8) is 0 Å². The predicted octanol–water partition coefficient (Wildman–Crippen LogP) is 1.82. The highest BCUT2D eigenvalue weighted by Gasteiger charge is 2.40. The number of amides is 4. The van der Waals surface area contributed by atoms with E-state index in [1.807, 2.05) is 44.2 Å². The number of nitrogens with one attached hydrogen (secondary N) is 3. The molecule has 1 aromatic rings. The number of fused-ring (bicyclic) bond motifs is 1. The Morgan fingerprint density at radius 3 is 2.24 bits per heavy atom. The van der Waals surface area contributed by atoms with Gasteiger partial charge < -0.3 is 31.1 Å². The van der Waals surface area contributed by atoms with E-state index in [2.05, 4.69) is 16.0 Å². The van der Waals surface area contributed by atoms with E-state index in [1.54, 1.807) is 11.8 Å². The fourth-order valence-corrected chi connectivity index (χ4v) is 5.57. The molecule has 2 aliphatic heterocycles. The van der Waals surface area contributed by atoms with Crippen LogP contribution in [0.5, 0.6) is 0 Å². The molecular weight excluding hydrogens is 524 g/mol. The number of aliphatic hydroxyl groups is 2. The van der Waals surface area contributed by atoms with Gasteiger partial charge in [-0.15, -0.1) is 0 Å². The fourth-order valence-electron chi connectivity index (χ4n) is 5.57. The summed E-state index contributed by atoms with van der Waals surface area (Å²) in [6, 6.07) is 6.06. The second-order valence-electron chi connectivity index (χ2n) is 11.7. The van der Waals surface area contributed by atoms with E-state index in [-0.39, 0.29) is 24.2 Å². The van der Waals surface area contributed by atoms with Crippen molar-refractivity contribution in [2.45, 2.75) is 121 Å². The molecule has 0 aliphatic carbocycles. The Balaban J connectivity index is 1.86. The number of hydrogen-bond donors (Lipinski definition) is 5. The molecule has 5 N–H and O–H groups in total. The molecule has 10 heteroatoms. The summed E-state index contributed by atoms with van der Waals surface area (Å²) in [4.78, 5) is 56.3. The Morgan fingerprint density at radius 1 is 0.878 bits per heavy atom. The number of aliphatic hydroxyl groups excluding tert-OH is 2. The molecule has 0 aromatic heterocycles. The first kappa shape index (κ1) is 32.5. The quantitative estimate of drug-likeness (QED) is 0.256. The summed E-state index contributed by atoms with van der Waals surface area (Å²) < 4.78 is 0. The molecule has 228 valence electrons. The first-order chi connectivity index (χ1) is 19.6. The maximum atomic E-state index is 13.9. The second kappa shape index (κ2) is 15.9. The topological polar surface area (TPSA) is 148 Å². The highest BCUT2D eigenvalue weighted by atomic mass is 16.3. The van der Waals surface area contributed by atoms with E-state index in [1.165, 1.54) is 0 Å².